The summed E-state index contributed by atoms with van der Waals surface area (Å²) in [6.45, 7) is 0. The van der Waals surface area contributed by atoms with Crippen LogP contribution in [-0.2, 0) is 0 Å². The first-order valence-electron chi connectivity index (χ1n) is 20.9. The van der Waals surface area contributed by atoms with Gasteiger partial charge in [0.1, 0.15) is 11.2 Å². The number of nitrogens with zero attached hydrogens (tertiary/aromatic N) is 4. The SMILES string of the molecule is c1ccc(-c2ccc3c(c2)c2ccc(-c4cccc5c4oc4c(-c6ccccc6)ccc(-c6nc(-c7ccccc7)nc(-c7ccccc7)n6)c45)cc2n3-c2ccccc2)cc1. The van der Waals surface area contributed by atoms with Gasteiger partial charge in [0.15, 0.2) is 17.5 Å². The average molecular weight is 793 g/mol. The zero-order valence-corrected chi connectivity index (χ0v) is 33.5. The Balaban J connectivity index is 1.11. The second kappa shape index (κ2) is 14.7. The monoisotopic (exact) mass is 792 g/mol. The molecule has 0 saturated carbocycles. The largest absolute Gasteiger partial charge is 0.455 e. The summed E-state index contributed by atoms with van der Waals surface area (Å²) in [5, 5.41) is 4.34. The molecule has 0 aliphatic rings. The van der Waals surface area contributed by atoms with Gasteiger partial charge in [0.05, 0.1) is 11.0 Å². The van der Waals surface area contributed by atoms with Gasteiger partial charge in [-0.3, -0.25) is 0 Å². The molecule has 0 N–H and O–H groups in total. The normalized spacial score (nSPS) is 11.5. The van der Waals surface area contributed by atoms with Crippen LogP contribution in [0.4, 0.5) is 0 Å². The first kappa shape index (κ1) is 35.5. The van der Waals surface area contributed by atoms with Crippen LogP contribution in [0.1, 0.15) is 0 Å². The zero-order valence-electron chi connectivity index (χ0n) is 33.5. The summed E-state index contributed by atoms with van der Waals surface area (Å²) in [7, 11) is 0. The van der Waals surface area contributed by atoms with Crippen LogP contribution < -0.4 is 0 Å². The molecule has 62 heavy (non-hydrogen) atoms. The van der Waals surface area contributed by atoms with E-state index >= 15 is 0 Å². The molecule has 12 rings (SSSR count). The maximum absolute atomic E-state index is 7.19. The van der Waals surface area contributed by atoms with Crippen LogP contribution in [0.2, 0.25) is 0 Å². The summed E-state index contributed by atoms with van der Waals surface area (Å²) in [4.78, 5) is 15.3. The van der Waals surface area contributed by atoms with Crippen molar-refractivity contribution >= 4 is 43.7 Å². The topological polar surface area (TPSA) is 56.7 Å². The Labute approximate surface area is 357 Å². The molecule has 5 nitrogen and oxygen atoms in total. The van der Waals surface area contributed by atoms with Gasteiger partial charge in [0.2, 0.25) is 0 Å². The van der Waals surface area contributed by atoms with E-state index in [1.165, 1.54) is 21.9 Å². The quantitative estimate of drug-likeness (QED) is 0.161. The Morgan fingerprint density at radius 1 is 0.306 bits per heavy atom. The van der Waals surface area contributed by atoms with Crippen LogP contribution in [-0.4, -0.2) is 19.5 Å². The van der Waals surface area contributed by atoms with E-state index < -0.39 is 0 Å². The average Bonchev–Trinajstić information content (AvgIpc) is 3.91. The van der Waals surface area contributed by atoms with Gasteiger partial charge in [0, 0.05) is 55.0 Å². The fraction of sp³-hybridized carbons (Fsp3) is 0. The summed E-state index contributed by atoms with van der Waals surface area (Å²) < 4.78 is 9.57. The predicted octanol–water partition coefficient (Wildman–Crippen LogP) is 14.9. The van der Waals surface area contributed by atoms with Crippen LogP contribution in [0.15, 0.2) is 223 Å². The van der Waals surface area contributed by atoms with Gasteiger partial charge in [-0.15, -0.1) is 0 Å². The summed E-state index contributed by atoms with van der Waals surface area (Å²) in [6, 6.07) is 76.2. The molecular weight excluding hydrogens is 757 g/mol. The van der Waals surface area contributed by atoms with Gasteiger partial charge in [-0.1, -0.05) is 176 Å². The molecule has 0 aliphatic heterocycles. The van der Waals surface area contributed by atoms with E-state index in [-0.39, 0.29) is 0 Å². The Morgan fingerprint density at radius 2 is 0.855 bits per heavy atom. The Morgan fingerprint density at radius 3 is 1.52 bits per heavy atom. The third-order valence-electron chi connectivity index (χ3n) is 11.9. The first-order chi connectivity index (χ1) is 30.7. The van der Waals surface area contributed by atoms with Gasteiger partial charge in [-0.2, -0.15) is 0 Å². The van der Waals surface area contributed by atoms with Gasteiger partial charge in [-0.25, -0.2) is 15.0 Å². The molecule has 0 spiro atoms. The summed E-state index contributed by atoms with van der Waals surface area (Å²) in [6.07, 6.45) is 0. The molecule has 3 aromatic heterocycles. The third-order valence-corrected chi connectivity index (χ3v) is 11.9. The molecule has 5 heteroatoms. The molecule has 0 radical (unpaired) electrons. The molecule has 0 aliphatic carbocycles. The lowest BCUT2D eigenvalue weighted by Crippen LogP contribution is -2.00. The van der Waals surface area contributed by atoms with E-state index in [4.69, 9.17) is 19.4 Å². The number of benzene rings is 9. The van der Waals surface area contributed by atoms with Crippen molar-refractivity contribution < 1.29 is 4.42 Å². The number of aromatic nitrogens is 4. The molecule has 0 bridgehead atoms. The molecule has 290 valence electrons. The van der Waals surface area contributed by atoms with Crippen LogP contribution in [0, 0.1) is 0 Å². The second-order valence-electron chi connectivity index (χ2n) is 15.6. The smallest absolute Gasteiger partial charge is 0.164 e. The number of para-hydroxylation sites is 2. The minimum absolute atomic E-state index is 0.582. The van der Waals surface area contributed by atoms with Crippen molar-refractivity contribution in [3.63, 3.8) is 0 Å². The first-order valence-corrected chi connectivity index (χ1v) is 20.9. The van der Waals surface area contributed by atoms with Crippen molar-refractivity contribution in [2.75, 3.05) is 0 Å². The lowest BCUT2D eigenvalue weighted by atomic mass is 9.96. The predicted molar refractivity (Wildman–Crippen MR) is 254 cm³/mol. The van der Waals surface area contributed by atoms with Crippen molar-refractivity contribution in [1.82, 2.24) is 19.5 Å². The molecule has 0 amide bonds. The molecule has 0 atom stereocenters. The lowest BCUT2D eigenvalue weighted by Gasteiger charge is -2.11. The van der Waals surface area contributed by atoms with Crippen molar-refractivity contribution in [3.05, 3.63) is 218 Å². The number of hydrogen-bond acceptors (Lipinski definition) is 4. The van der Waals surface area contributed by atoms with E-state index in [0.717, 1.165) is 77.6 Å². The lowest BCUT2D eigenvalue weighted by molar-refractivity contribution is 0.671. The van der Waals surface area contributed by atoms with E-state index in [1.54, 1.807) is 0 Å². The van der Waals surface area contributed by atoms with E-state index in [2.05, 4.69) is 156 Å². The minimum Gasteiger partial charge on any atom is -0.455 e. The number of hydrogen-bond donors (Lipinski definition) is 0. The fourth-order valence-corrected chi connectivity index (χ4v) is 8.94. The van der Waals surface area contributed by atoms with Crippen LogP contribution in [0.25, 0.3) is 117 Å². The van der Waals surface area contributed by atoms with Gasteiger partial charge in [0.25, 0.3) is 0 Å². The van der Waals surface area contributed by atoms with Crippen molar-refractivity contribution in [2.45, 2.75) is 0 Å². The maximum Gasteiger partial charge on any atom is 0.164 e. The summed E-state index contributed by atoms with van der Waals surface area (Å²) in [5.41, 5.74) is 14.2. The van der Waals surface area contributed by atoms with Crippen LogP contribution in [0.3, 0.4) is 0 Å². The fourth-order valence-electron chi connectivity index (χ4n) is 8.94. The second-order valence-corrected chi connectivity index (χ2v) is 15.6. The Bertz CT molecular complexity index is 3540. The van der Waals surface area contributed by atoms with Gasteiger partial charge < -0.3 is 8.98 Å². The Hall–Kier alpha value is -8.41. The molecule has 0 saturated heterocycles. The van der Waals surface area contributed by atoms with E-state index in [9.17, 15) is 0 Å². The van der Waals surface area contributed by atoms with Gasteiger partial charge in [-0.05, 0) is 64.7 Å². The molecule has 0 unspecified atom stereocenters. The third kappa shape index (κ3) is 5.98. The number of rotatable bonds is 7. The molecule has 12 aromatic rings. The van der Waals surface area contributed by atoms with E-state index in [1.807, 2.05) is 66.7 Å². The van der Waals surface area contributed by atoms with Crippen molar-refractivity contribution in [2.24, 2.45) is 0 Å². The molecule has 3 heterocycles. The highest BCUT2D eigenvalue weighted by molar-refractivity contribution is 6.19. The Kier molecular flexibility index (Phi) is 8.42. The summed E-state index contributed by atoms with van der Waals surface area (Å²) >= 11 is 0. The summed E-state index contributed by atoms with van der Waals surface area (Å²) in [5.74, 6) is 1.81. The maximum atomic E-state index is 7.19. The highest BCUT2D eigenvalue weighted by atomic mass is 16.3. The van der Waals surface area contributed by atoms with Crippen LogP contribution in [0.5, 0.6) is 0 Å². The minimum atomic E-state index is 0.582. The van der Waals surface area contributed by atoms with E-state index in [0.29, 0.717) is 17.5 Å². The highest BCUT2D eigenvalue weighted by Crippen LogP contribution is 2.45. The van der Waals surface area contributed by atoms with Crippen LogP contribution >= 0.6 is 0 Å². The zero-order chi connectivity index (χ0) is 41.0. The number of fused-ring (bicyclic) bond motifs is 6. The van der Waals surface area contributed by atoms with Gasteiger partial charge >= 0.3 is 0 Å². The van der Waals surface area contributed by atoms with Crippen molar-refractivity contribution in [1.29, 1.82) is 0 Å². The molecular formula is C57H36N4O. The molecule has 9 aromatic carbocycles. The molecule has 0 fully saturated rings. The number of furan rings is 1. The standard InChI is InChI=1S/C57H36N4O/c1-6-17-37(18-7-1)41-30-34-50-49(35-41)46-31-29-42(36-51(46)61(50)43-25-14-5-15-26-43)44-27-16-28-47-52-48(33-32-45(54(52)62-53(44)47)38-19-8-2-9-20-38)57-59-55(39-21-10-3-11-22-39)58-56(60-57)40-23-12-4-13-24-40/h1-36H. The van der Waals surface area contributed by atoms with Crippen molar-refractivity contribution in [3.8, 4) is 73.2 Å². The highest BCUT2D eigenvalue weighted by Gasteiger charge is 2.23.